The summed E-state index contributed by atoms with van der Waals surface area (Å²) in [5.41, 5.74) is 0. The van der Waals surface area contributed by atoms with Crippen LogP contribution in [0.5, 0.6) is 0 Å². The van der Waals surface area contributed by atoms with E-state index in [9.17, 15) is 4.79 Å². The third kappa shape index (κ3) is 0.990. The van der Waals surface area contributed by atoms with Crippen LogP contribution in [0.15, 0.2) is 0 Å². The number of hydrogen-bond donors (Lipinski definition) is 1. The van der Waals surface area contributed by atoms with Crippen LogP contribution in [-0.2, 0) is 4.79 Å². The van der Waals surface area contributed by atoms with Crippen molar-refractivity contribution in [2.75, 3.05) is 0 Å². The highest BCUT2D eigenvalue weighted by Crippen LogP contribution is 2.26. The lowest BCUT2D eigenvalue weighted by Gasteiger charge is -2.02. The largest absolute Gasteiger partial charge is 0.385 e. The minimum Gasteiger partial charge on any atom is -0.385 e. The molecule has 9 heavy (non-hydrogen) atoms. The third-order valence-electron chi connectivity index (χ3n) is 2.04. The Bertz CT molecular complexity index is 131. The molecule has 3 atom stereocenters. The predicted octanol–water partition coefficient (Wildman–Crippen LogP) is 0.592. The Hall–Kier alpha value is -0.370. The first kappa shape index (κ1) is 6.75. The Morgan fingerprint density at radius 1 is 1.56 bits per heavy atom. The summed E-state index contributed by atoms with van der Waals surface area (Å²) in [4.78, 5) is 10.9. The van der Waals surface area contributed by atoms with Gasteiger partial charge in [0.2, 0.25) is 0 Å². The molecule has 0 aromatic rings. The zero-order valence-electron chi connectivity index (χ0n) is 5.79. The Morgan fingerprint density at radius 3 is 2.22 bits per heavy atom. The fraction of sp³-hybridized carbons (Fsp3) is 0.857. The molecule has 1 rings (SSSR count). The molecule has 1 N–H and O–H groups in total. The number of carbonyl (C=O) groups is 1. The summed E-state index contributed by atoms with van der Waals surface area (Å²) in [6.07, 6.45) is 0.167. The van der Waals surface area contributed by atoms with Gasteiger partial charge in [-0.2, -0.15) is 0 Å². The summed E-state index contributed by atoms with van der Waals surface area (Å²) in [7, 11) is 0. The van der Waals surface area contributed by atoms with Gasteiger partial charge in [-0.15, -0.1) is 0 Å². The molecule has 52 valence electrons. The van der Waals surface area contributed by atoms with E-state index in [0.717, 1.165) is 6.42 Å². The lowest BCUT2D eigenvalue weighted by Crippen LogP contribution is -2.20. The summed E-state index contributed by atoms with van der Waals surface area (Å²) in [6.45, 7) is 3.78. The molecule has 0 saturated heterocycles. The lowest BCUT2D eigenvalue weighted by molar-refractivity contribution is -0.127. The molecule has 1 fully saturated rings. The van der Waals surface area contributed by atoms with Crippen molar-refractivity contribution in [1.29, 1.82) is 0 Å². The van der Waals surface area contributed by atoms with Crippen molar-refractivity contribution >= 4 is 5.78 Å². The van der Waals surface area contributed by atoms with Gasteiger partial charge in [0.1, 0.15) is 6.10 Å². The van der Waals surface area contributed by atoms with Gasteiger partial charge in [-0.05, 0) is 12.3 Å². The zero-order chi connectivity index (χ0) is 7.02. The van der Waals surface area contributed by atoms with Crippen LogP contribution in [0.3, 0.4) is 0 Å². The van der Waals surface area contributed by atoms with Crippen molar-refractivity contribution in [1.82, 2.24) is 0 Å². The van der Waals surface area contributed by atoms with Crippen LogP contribution in [0, 0.1) is 11.8 Å². The second-order valence-electron chi connectivity index (χ2n) is 2.96. The average molecular weight is 128 g/mol. The molecule has 1 saturated carbocycles. The lowest BCUT2D eigenvalue weighted by atomic mass is 10.1. The zero-order valence-corrected chi connectivity index (χ0v) is 5.79. The minimum atomic E-state index is -0.681. The van der Waals surface area contributed by atoms with Crippen molar-refractivity contribution in [3.8, 4) is 0 Å². The van der Waals surface area contributed by atoms with Crippen molar-refractivity contribution in [2.45, 2.75) is 26.4 Å². The van der Waals surface area contributed by atoms with E-state index in [0.29, 0.717) is 0 Å². The van der Waals surface area contributed by atoms with Crippen LogP contribution < -0.4 is 0 Å². The monoisotopic (exact) mass is 128 g/mol. The molecule has 3 unspecified atom stereocenters. The SMILES string of the molecule is CC1CC(C)C(O)C1=O. The molecular formula is C7H12O2. The molecule has 0 radical (unpaired) electrons. The molecule has 0 aromatic carbocycles. The van der Waals surface area contributed by atoms with Gasteiger partial charge in [0.25, 0.3) is 0 Å². The van der Waals surface area contributed by atoms with Crippen LogP contribution in [0.25, 0.3) is 0 Å². The van der Waals surface area contributed by atoms with Gasteiger partial charge in [0.15, 0.2) is 5.78 Å². The van der Waals surface area contributed by atoms with Gasteiger partial charge in [-0.25, -0.2) is 0 Å². The summed E-state index contributed by atoms with van der Waals surface area (Å²) in [5, 5.41) is 9.09. The highest BCUT2D eigenvalue weighted by Gasteiger charge is 2.35. The second kappa shape index (κ2) is 2.10. The first-order chi connectivity index (χ1) is 4.13. The van der Waals surface area contributed by atoms with E-state index < -0.39 is 6.10 Å². The normalized spacial score (nSPS) is 43.9. The molecule has 2 nitrogen and oxygen atoms in total. The van der Waals surface area contributed by atoms with E-state index in [4.69, 9.17) is 5.11 Å². The van der Waals surface area contributed by atoms with Crippen molar-refractivity contribution in [2.24, 2.45) is 11.8 Å². The van der Waals surface area contributed by atoms with Crippen LogP contribution in [0.4, 0.5) is 0 Å². The number of Topliss-reactive ketones (excluding diaryl/α,β-unsaturated/α-hetero) is 1. The van der Waals surface area contributed by atoms with E-state index in [1.54, 1.807) is 0 Å². The maximum Gasteiger partial charge on any atom is 0.164 e. The first-order valence-corrected chi connectivity index (χ1v) is 3.34. The molecule has 0 spiro atoms. The van der Waals surface area contributed by atoms with Crippen molar-refractivity contribution in [3.05, 3.63) is 0 Å². The van der Waals surface area contributed by atoms with Crippen LogP contribution in [0.2, 0.25) is 0 Å². The standard InChI is InChI=1S/C7H12O2/c1-4-3-5(2)7(9)6(4)8/h4-6,8H,3H2,1-2H3. The fourth-order valence-electron chi connectivity index (χ4n) is 1.37. The first-order valence-electron chi connectivity index (χ1n) is 3.34. The Kier molecular flexibility index (Phi) is 1.58. The maximum atomic E-state index is 10.9. The molecule has 1 aliphatic rings. The third-order valence-corrected chi connectivity index (χ3v) is 2.04. The van der Waals surface area contributed by atoms with Gasteiger partial charge in [0, 0.05) is 5.92 Å². The second-order valence-corrected chi connectivity index (χ2v) is 2.96. The predicted molar refractivity (Wildman–Crippen MR) is 34.0 cm³/mol. The quantitative estimate of drug-likeness (QED) is 0.518. The van der Waals surface area contributed by atoms with Crippen LogP contribution in [0.1, 0.15) is 20.3 Å². The van der Waals surface area contributed by atoms with Gasteiger partial charge in [-0.3, -0.25) is 4.79 Å². The summed E-state index contributed by atoms with van der Waals surface area (Å²) < 4.78 is 0. The Labute approximate surface area is 54.9 Å². The van der Waals surface area contributed by atoms with Crippen molar-refractivity contribution in [3.63, 3.8) is 0 Å². The molecule has 2 heteroatoms. The minimum absolute atomic E-state index is 0.0162. The van der Waals surface area contributed by atoms with E-state index in [1.165, 1.54) is 0 Å². The van der Waals surface area contributed by atoms with E-state index in [1.807, 2.05) is 13.8 Å². The van der Waals surface area contributed by atoms with Crippen molar-refractivity contribution < 1.29 is 9.90 Å². The number of aliphatic hydroxyl groups is 1. The Balaban J connectivity index is 2.65. The smallest absolute Gasteiger partial charge is 0.164 e. The molecule has 0 amide bonds. The molecule has 1 aliphatic carbocycles. The van der Waals surface area contributed by atoms with Gasteiger partial charge in [0.05, 0.1) is 0 Å². The maximum absolute atomic E-state index is 10.9. The molecule has 0 aromatic heterocycles. The number of aliphatic hydroxyl groups excluding tert-OH is 1. The van der Waals surface area contributed by atoms with Gasteiger partial charge >= 0.3 is 0 Å². The summed E-state index contributed by atoms with van der Waals surface area (Å²) in [6, 6.07) is 0. The average Bonchev–Trinajstić information content (AvgIpc) is 1.98. The number of ketones is 1. The van der Waals surface area contributed by atoms with Crippen LogP contribution in [-0.4, -0.2) is 17.0 Å². The number of rotatable bonds is 0. The summed E-state index contributed by atoms with van der Waals surface area (Å²) >= 11 is 0. The number of carbonyl (C=O) groups excluding carboxylic acids is 1. The highest BCUT2D eigenvalue weighted by molar-refractivity contribution is 5.87. The van der Waals surface area contributed by atoms with E-state index >= 15 is 0 Å². The Morgan fingerprint density at radius 2 is 2.11 bits per heavy atom. The van der Waals surface area contributed by atoms with E-state index in [2.05, 4.69) is 0 Å². The highest BCUT2D eigenvalue weighted by atomic mass is 16.3. The van der Waals surface area contributed by atoms with Gasteiger partial charge in [-0.1, -0.05) is 13.8 Å². The van der Waals surface area contributed by atoms with Crippen LogP contribution >= 0.6 is 0 Å². The fourth-order valence-corrected chi connectivity index (χ4v) is 1.37. The molecular weight excluding hydrogens is 116 g/mol. The summed E-state index contributed by atoms with van der Waals surface area (Å²) in [5.74, 6) is 0.269. The molecule has 0 heterocycles. The molecule has 0 bridgehead atoms. The molecule has 0 aliphatic heterocycles. The topological polar surface area (TPSA) is 37.3 Å². The van der Waals surface area contributed by atoms with E-state index in [-0.39, 0.29) is 17.6 Å². The van der Waals surface area contributed by atoms with Gasteiger partial charge < -0.3 is 5.11 Å². The number of hydrogen-bond acceptors (Lipinski definition) is 2.